The summed E-state index contributed by atoms with van der Waals surface area (Å²) in [7, 11) is 1.63. The van der Waals surface area contributed by atoms with Crippen molar-refractivity contribution in [2.24, 2.45) is 5.73 Å². The van der Waals surface area contributed by atoms with Crippen LogP contribution in [-0.2, 0) is 18.5 Å². The van der Waals surface area contributed by atoms with Crippen molar-refractivity contribution in [2.45, 2.75) is 25.4 Å². The van der Waals surface area contributed by atoms with Crippen molar-refractivity contribution in [3.8, 4) is 5.75 Å². The van der Waals surface area contributed by atoms with E-state index in [4.69, 9.17) is 10.5 Å². The first-order valence-corrected chi connectivity index (χ1v) is 11.1. The fraction of sp³-hybridized carbons (Fsp3) is 0.207. The number of rotatable bonds is 10. The molecule has 1 unspecified atom stereocenters. The highest BCUT2D eigenvalue weighted by Gasteiger charge is 2.35. The number of ether oxygens (including phenoxy) is 1. The number of carbonyl (C=O) groups excluding carboxylic acids is 1. The molecule has 34 heavy (non-hydrogen) atoms. The third-order valence-corrected chi connectivity index (χ3v) is 5.57. The molecular weight excluding hydrogens is 422 g/mol. The van der Waals surface area contributed by atoms with Gasteiger partial charge in [0, 0.05) is 18.7 Å². The molecule has 3 rings (SSSR count). The summed E-state index contributed by atoms with van der Waals surface area (Å²) in [4.78, 5) is 14.9. The largest absolute Gasteiger partial charge is 0.497 e. The van der Waals surface area contributed by atoms with Gasteiger partial charge in [0.15, 0.2) is 0 Å². The van der Waals surface area contributed by atoms with Gasteiger partial charge < -0.3 is 20.7 Å². The second-order valence-corrected chi connectivity index (χ2v) is 8.12. The van der Waals surface area contributed by atoms with Gasteiger partial charge in [0.2, 0.25) is 0 Å². The van der Waals surface area contributed by atoms with E-state index in [2.05, 4.69) is 62.0 Å². The first kappa shape index (κ1) is 26.3. The molecule has 1 heterocycles. The van der Waals surface area contributed by atoms with E-state index >= 15 is 0 Å². The molecule has 1 amide bonds. The molecule has 2 aromatic rings. The number of fused-ring (bicyclic) bond motifs is 1. The summed E-state index contributed by atoms with van der Waals surface area (Å²) < 4.78 is 5.31. The van der Waals surface area contributed by atoms with Crippen LogP contribution in [0.3, 0.4) is 0 Å². The van der Waals surface area contributed by atoms with Crippen LogP contribution in [0.15, 0.2) is 105 Å². The number of hydrogen-bond acceptors (Lipinski definition) is 4. The third-order valence-electron chi connectivity index (χ3n) is 5.57. The number of nitrogens with one attached hydrogen (secondary N) is 1. The van der Waals surface area contributed by atoms with E-state index in [1.807, 2.05) is 48.3 Å². The van der Waals surface area contributed by atoms with Crippen LogP contribution in [0.25, 0.3) is 0 Å². The van der Waals surface area contributed by atoms with Crippen LogP contribution in [0.5, 0.6) is 5.75 Å². The fourth-order valence-electron chi connectivity index (χ4n) is 3.99. The SMILES string of the molecule is C=C.C=C/C=C\C=C/Cc1ccc(C(C)(CN2Cc3cc(OC)ccc3C2=O)NC(=C)N)cc1. The molecule has 1 aliphatic rings. The molecule has 0 saturated carbocycles. The van der Waals surface area contributed by atoms with Crippen molar-refractivity contribution in [1.82, 2.24) is 10.2 Å². The standard InChI is InChI=1S/C27H31N3O2.C2H4/c1-5-6-7-8-9-10-21-11-13-23(14-12-21)27(3,29-20(2)28)19-30-18-22-17-24(32-4)15-16-25(22)26(30)31;1-2/h5-9,11-17,29H,1-2,10,18-19,28H2,3-4H3;1-2H2/b7-6-,9-8-;. The number of hydrogen-bond donors (Lipinski definition) is 2. The Kier molecular flexibility index (Phi) is 9.50. The molecule has 3 N–H and O–H groups in total. The van der Waals surface area contributed by atoms with Crippen LogP contribution < -0.4 is 15.8 Å². The van der Waals surface area contributed by atoms with E-state index in [0.29, 0.717) is 24.5 Å². The highest BCUT2D eigenvalue weighted by molar-refractivity contribution is 5.98. The van der Waals surface area contributed by atoms with E-state index in [0.717, 1.165) is 23.3 Å². The number of carbonyl (C=O) groups is 1. The Hall–Kier alpha value is -3.99. The van der Waals surface area contributed by atoms with E-state index in [1.165, 1.54) is 5.56 Å². The monoisotopic (exact) mass is 457 g/mol. The average Bonchev–Trinajstić information content (AvgIpc) is 3.14. The van der Waals surface area contributed by atoms with Crippen LogP contribution in [0.2, 0.25) is 0 Å². The Morgan fingerprint density at radius 2 is 1.88 bits per heavy atom. The molecule has 5 nitrogen and oxygen atoms in total. The molecule has 1 atom stereocenters. The number of nitrogens with zero attached hydrogens (tertiary/aromatic N) is 1. The van der Waals surface area contributed by atoms with Gasteiger partial charge >= 0.3 is 0 Å². The van der Waals surface area contributed by atoms with Gasteiger partial charge in [-0.3, -0.25) is 4.79 Å². The minimum atomic E-state index is -0.589. The minimum Gasteiger partial charge on any atom is -0.497 e. The number of benzene rings is 2. The molecule has 0 spiro atoms. The maximum absolute atomic E-state index is 13.0. The Bertz CT molecular complexity index is 1070. The van der Waals surface area contributed by atoms with Crippen LogP contribution in [0.1, 0.15) is 34.0 Å². The highest BCUT2D eigenvalue weighted by Crippen LogP contribution is 2.31. The first-order valence-electron chi connectivity index (χ1n) is 11.1. The minimum absolute atomic E-state index is 0.00708. The lowest BCUT2D eigenvalue weighted by molar-refractivity contribution is 0.0729. The van der Waals surface area contributed by atoms with Crippen molar-refractivity contribution >= 4 is 5.91 Å². The van der Waals surface area contributed by atoms with Crippen LogP contribution in [0.4, 0.5) is 0 Å². The van der Waals surface area contributed by atoms with Crippen LogP contribution in [0, 0.1) is 0 Å². The maximum atomic E-state index is 13.0. The summed E-state index contributed by atoms with van der Waals surface area (Å²) in [6.45, 7) is 16.5. The molecule has 0 bridgehead atoms. The molecule has 0 saturated heterocycles. The number of nitrogens with two attached hydrogens (primary N) is 1. The Labute approximate surface area is 203 Å². The van der Waals surface area contributed by atoms with Gasteiger partial charge in [-0.05, 0) is 48.2 Å². The van der Waals surface area contributed by atoms with Crippen molar-refractivity contribution in [3.63, 3.8) is 0 Å². The van der Waals surface area contributed by atoms with Crippen LogP contribution in [-0.4, -0.2) is 24.5 Å². The summed E-state index contributed by atoms with van der Waals surface area (Å²) in [5.74, 6) is 1.12. The predicted molar refractivity (Wildman–Crippen MR) is 141 cm³/mol. The average molecular weight is 458 g/mol. The third kappa shape index (κ3) is 6.51. The summed E-state index contributed by atoms with van der Waals surface area (Å²) in [5.41, 5.74) is 9.26. The molecule has 0 aliphatic carbocycles. The van der Waals surface area contributed by atoms with Crippen LogP contribution >= 0.6 is 0 Å². The van der Waals surface area contributed by atoms with E-state index in [9.17, 15) is 4.79 Å². The number of methoxy groups -OCH3 is 1. The first-order chi connectivity index (χ1) is 16.4. The summed E-state index contributed by atoms with van der Waals surface area (Å²) in [6.07, 6.45) is 10.5. The molecule has 5 heteroatoms. The lowest BCUT2D eigenvalue weighted by atomic mass is 9.90. The van der Waals surface area contributed by atoms with Crippen molar-refractivity contribution in [3.05, 3.63) is 127 Å². The zero-order chi connectivity index (χ0) is 25.1. The molecular formula is C29H35N3O2. The van der Waals surface area contributed by atoms with Crippen molar-refractivity contribution in [1.29, 1.82) is 0 Å². The van der Waals surface area contributed by atoms with E-state index < -0.39 is 5.54 Å². The van der Waals surface area contributed by atoms with Gasteiger partial charge in [0.1, 0.15) is 5.75 Å². The van der Waals surface area contributed by atoms with Crippen molar-refractivity contribution in [2.75, 3.05) is 13.7 Å². The number of amides is 1. The number of allylic oxidation sites excluding steroid dienone is 5. The quantitative estimate of drug-likeness (QED) is 0.379. The molecule has 0 fully saturated rings. The Balaban J connectivity index is 0.00000199. The molecule has 1 aliphatic heterocycles. The Morgan fingerprint density at radius 1 is 1.18 bits per heavy atom. The zero-order valence-electron chi connectivity index (χ0n) is 20.2. The lowest BCUT2D eigenvalue weighted by Crippen LogP contribution is -2.49. The highest BCUT2D eigenvalue weighted by atomic mass is 16.5. The van der Waals surface area contributed by atoms with Gasteiger partial charge in [-0.15, -0.1) is 13.2 Å². The van der Waals surface area contributed by atoms with Gasteiger partial charge in [0.05, 0.1) is 18.5 Å². The van der Waals surface area contributed by atoms with Gasteiger partial charge in [-0.25, -0.2) is 0 Å². The molecule has 178 valence electrons. The molecule has 0 radical (unpaired) electrons. The van der Waals surface area contributed by atoms with Gasteiger partial charge in [0.25, 0.3) is 5.91 Å². The smallest absolute Gasteiger partial charge is 0.254 e. The molecule has 0 aromatic heterocycles. The Morgan fingerprint density at radius 3 is 2.50 bits per heavy atom. The summed E-state index contributed by atoms with van der Waals surface area (Å²) >= 11 is 0. The van der Waals surface area contributed by atoms with E-state index in [-0.39, 0.29) is 5.91 Å². The topological polar surface area (TPSA) is 67.6 Å². The van der Waals surface area contributed by atoms with E-state index in [1.54, 1.807) is 13.2 Å². The fourth-order valence-corrected chi connectivity index (χ4v) is 3.99. The normalized spacial score (nSPS) is 14.3. The zero-order valence-corrected chi connectivity index (χ0v) is 20.2. The maximum Gasteiger partial charge on any atom is 0.254 e. The van der Waals surface area contributed by atoms with Gasteiger partial charge in [-0.2, -0.15) is 0 Å². The second-order valence-electron chi connectivity index (χ2n) is 8.12. The summed E-state index contributed by atoms with van der Waals surface area (Å²) in [6, 6.07) is 13.9. The lowest BCUT2D eigenvalue weighted by Gasteiger charge is -2.36. The van der Waals surface area contributed by atoms with Crippen molar-refractivity contribution < 1.29 is 9.53 Å². The second kappa shape index (κ2) is 12.3. The predicted octanol–water partition coefficient (Wildman–Crippen LogP) is 5.23. The van der Waals surface area contributed by atoms with Gasteiger partial charge in [-0.1, -0.05) is 67.8 Å². The summed E-state index contributed by atoms with van der Waals surface area (Å²) in [5, 5.41) is 3.29. The molecule has 2 aromatic carbocycles.